The van der Waals surface area contributed by atoms with Crippen molar-refractivity contribution in [2.45, 2.75) is 13.5 Å². The lowest BCUT2D eigenvalue weighted by Crippen LogP contribution is -2.40. The number of halogens is 1. The lowest BCUT2D eigenvalue weighted by Gasteiger charge is -2.27. The first kappa shape index (κ1) is 18.2. The molecule has 3 rings (SSSR count). The number of aromatic nitrogens is 2. The second-order valence-electron chi connectivity index (χ2n) is 5.62. The van der Waals surface area contributed by atoms with Crippen molar-refractivity contribution in [3.63, 3.8) is 0 Å². The van der Waals surface area contributed by atoms with Gasteiger partial charge in [0, 0.05) is 25.6 Å². The average Bonchev–Trinajstić information content (AvgIpc) is 3.07. The van der Waals surface area contributed by atoms with Crippen LogP contribution in [0.3, 0.4) is 0 Å². The quantitative estimate of drug-likeness (QED) is 0.838. The number of anilines is 1. The Hall–Kier alpha value is -2.65. The normalized spacial score (nSPS) is 14.2. The number of carbonyl (C=O) groups excluding carboxylic acids is 2. The predicted molar refractivity (Wildman–Crippen MR) is 93.1 cm³/mol. The van der Waals surface area contributed by atoms with Gasteiger partial charge in [-0.3, -0.25) is 4.79 Å². The average molecular weight is 380 g/mol. The lowest BCUT2D eigenvalue weighted by atomic mass is 10.1. The molecule has 2 N–H and O–H groups in total. The highest BCUT2D eigenvalue weighted by atomic mass is 35.5. The minimum atomic E-state index is -0.501. The summed E-state index contributed by atoms with van der Waals surface area (Å²) >= 11 is 6.12. The van der Waals surface area contributed by atoms with Gasteiger partial charge in [0.1, 0.15) is 0 Å². The van der Waals surface area contributed by atoms with E-state index >= 15 is 0 Å². The molecule has 26 heavy (non-hydrogen) atoms. The number of benzene rings is 1. The first-order valence-corrected chi connectivity index (χ1v) is 8.41. The zero-order valence-electron chi connectivity index (χ0n) is 14.1. The van der Waals surface area contributed by atoms with Crippen LogP contribution < -0.4 is 10.6 Å². The molecule has 138 valence electrons. The van der Waals surface area contributed by atoms with E-state index in [1.807, 2.05) is 0 Å². The summed E-state index contributed by atoms with van der Waals surface area (Å²) in [6.07, 6.45) is 0. The van der Waals surface area contributed by atoms with Crippen LogP contribution in [0.1, 0.15) is 22.1 Å². The molecule has 1 aromatic heterocycles. The second-order valence-corrected chi connectivity index (χ2v) is 6.03. The van der Waals surface area contributed by atoms with Crippen LogP contribution in [-0.2, 0) is 11.3 Å². The van der Waals surface area contributed by atoms with E-state index < -0.39 is 6.03 Å². The zero-order chi connectivity index (χ0) is 18.5. The summed E-state index contributed by atoms with van der Waals surface area (Å²) < 4.78 is 10.4. The summed E-state index contributed by atoms with van der Waals surface area (Å²) in [5.74, 6) is 0.578. The molecular formula is C16H18ClN5O4. The first-order chi connectivity index (χ1) is 12.5. The molecule has 0 spiro atoms. The molecule has 1 fully saturated rings. The first-order valence-electron chi connectivity index (χ1n) is 8.03. The highest BCUT2D eigenvalue weighted by Gasteiger charge is 2.19. The molecule has 1 saturated heterocycles. The summed E-state index contributed by atoms with van der Waals surface area (Å²) in [5, 5.41) is 13.0. The Kier molecular flexibility index (Phi) is 5.69. The smallest absolute Gasteiger partial charge is 0.319 e. The number of ether oxygens (including phenoxy) is 1. The molecule has 2 heterocycles. The number of hydrogen-bond acceptors (Lipinski definition) is 6. The van der Waals surface area contributed by atoms with E-state index in [9.17, 15) is 9.59 Å². The van der Waals surface area contributed by atoms with Gasteiger partial charge in [-0.25, -0.2) is 4.79 Å². The number of rotatable bonds is 4. The van der Waals surface area contributed by atoms with Crippen LogP contribution in [0.15, 0.2) is 22.6 Å². The number of urea groups is 1. The number of nitrogens with one attached hydrogen (secondary N) is 2. The van der Waals surface area contributed by atoms with Crippen molar-refractivity contribution in [2.24, 2.45) is 0 Å². The number of morpholine rings is 1. The minimum Gasteiger partial charge on any atom is -0.424 e. The Balaban J connectivity index is 1.63. The Morgan fingerprint density at radius 3 is 2.73 bits per heavy atom. The predicted octanol–water partition coefficient (Wildman–Crippen LogP) is 1.83. The van der Waals surface area contributed by atoms with E-state index in [-0.39, 0.29) is 12.5 Å². The Morgan fingerprint density at radius 1 is 1.27 bits per heavy atom. The van der Waals surface area contributed by atoms with Gasteiger partial charge in [0.05, 0.1) is 30.5 Å². The highest BCUT2D eigenvalue weighted by molar-refractivity contribution is 6.33. The molecular weight excluding hydrogens is 362 g/mol. The molecule has 1 aliphatic heterocycles. The van der Waals surface area contributed by atoms with E-state index in [0.29, 0.717) is 54.4 Å². The Morgan fingerprint density at radius 2 is 2.04 bits per heavy atom. The van der Waals surface area contributed by atoms with Crippen LogP contribution in [0, 0.1) is 6.92 Å². The molecule has 0 aliphatic carbocycles. The van der Waals surface area contributed by atoms with Gasteiger partial charge in [0.2, 0.25) is 11.8 Å². The maximum absolute atomic E-state index is 12.5. The van der Waals surface area contributed by atoms with E-state index in [1.54, 1.807) is 30.0 Å². The van der Waals surface area contributed by atoms with Crippen molar-refractivity contribution in [2.75, 3.05) is 31.6 Å². The van der Waals surface area contributed by atoms with Crippen molar-refractivity contribution in [3.05, 3.63) is 40.6 Å². The van der Waals surface area contributed by atoms with Crippen LogP contribution in [0.2, 0.25) is 5.02 Å². The standard InChI is InChI=1S/C16H18ClN5O4/c1-10-20-21-14(26-10)9-18-16(24)19-13-8-11(2-3-12(13)17)15(23)22-4-6-25-7-5-22/h2-3,8H,4-7,9H2,1H3,(H2,18,19,24). The minimum absolute atomic E-state index is 0.0801. The van der Waals surface area contributed by atoms with E-state index in [0.717, 1.165) is 0 Å². The van der Waals surface area contributed by atoms with Crippen LogP contribution >= 0.6 is 11.6 Å². The highest BCUT2D eigenvalue weighted by Crippen LogP contribution is 2.24. The van der Waals surface area contributed by atoms with Gasteiger partial charge in [-0.1, -0.05) is 11.6 Å². The fourth-order valence-corrected chi connectivity index (χ4v) is 2.60. The molecule has 9 nitrogen and oxygen atoms in total. The fourth-order valence-electron chi connectivity index (χ4n) is 2.43. The molecule has 0 saturated carbocycles. The number of hydrogen-bond donors (Lipinski definition) is 2. The second kappa shape index (κ2) is 8.15. The van der Waals surface area contributed by atoms with E-state index in [4.69, 9.17) is 20.8 Å². The van der Waals surface area contributed by atoms with Crippen LogP contribution in [-0.4, -0.2) is 53.3 Å². The maximum atomic E-state index is 12.5. The van der Waals surface area contributed by atoms with Gasteiger partial charge in [-0.15, -0.1) is 10.2 Å². The van der Waals surface area contributed by atoms with Crippen LogP contribution in [0.4, 0.5) is 10.5 Å². The largest absolute Gasteiger partial charge is 0.424 e. The monoisotopic (exact) mass is 379 g/mol. The molecule has 1 aromatic carbocycles. The summed E-state index contributed by atoms with van der Waals surface area (Å²) in [4.78, 5) is 26.3. The topological polar surface area (TPSA) is 110 Å². The summed E-state index contributed by atoms with van der Waals surface area (Å²) in [6, 6.07) is 4.26. The summed E-state index contributed by atoms with van der Waals surface area (Å²) in [7, 11) is 0. The number of amides is 3. The third-order valence-corrected chi connectivity index (χ3v) is 4.06. The van der Waals surface area contributed by atoms with Crippen molar-refractivity contribution in [1.29, 1.82) is 0 Å². The van der Waals surface area contributed by atoms with Crippen molar-refractivity contribution >= 4 is 29.2 Å². The summed E-state index contributed by atoms with van der Waals surface area (Å²) in [6.45, 7) is 3.84. The third kappa shape index (κ3) is 4.50. The zero-order valence-corrected chi connectivity index (χ0v) is 14.9. The van der Waals surface area contributed by atoms with Crippen molar-refractivity contribution in [1.82, 2.24) is 20.4 Å². The SMILES string of the molecule is Cc1nnc(CNC(=O)Nc2cc(C(=O)N3CCOCC3)ccc2Cl)o1. The fraction of sp³-hybridized carbons (Fsp3) is 0.375. The number of nitrogens with zero attached hydrogens (tertiary/aromatic N) is 3. The van der Waals surface area contributed by atoms with Gasteiger partial charge in [0.15, 0.2) is 0 Å². The van der Waals surface area contributed by atoms with Crippen molar-refractivity contribution < 1.29 is 18.7 Å². The molecule has 1 aliphatic rings. The molecule has 3 amide bonds. The van der Waals surface area contributed by atoms with Gasteiger partial charge in [-0.05, 0) is 18.2 Å². The molecule has 0 atom stereocenters. The van der Waals surface area contributed by atoms with Gasteiger partial charge < -0.3 is 24.7 Å². The number of aryl methyl sites for hydroxylation is 1. The van der Waals surface area contributed by atoms with Crippen molar-refractivity contribution in [3.8, 4) is 0 Å². The van der Waals surface area contributed by atoms with Gasteiger partial charge in [-0.2, -0.15) is 0 Å². The summed E-state index contributed by atoms with van der Waals surface area (Å²) in [5.41, 5.74) is 0.782. The Bertz CT molecular complexity index is 804. The molecule has 10 heteroatoms. The van der Waals surface area contributed by atoms with Gasteiger partial charge in [0.25, 0.3) is 5.91 Å². The molecule has 0 bridgehead atoms. The maximum Gasteiger partial charge on any atom is 0.319 e. The Labute approximate surface area is 154 Å². The molecule has 0 unspecified atom stereocenters. The van der Waals surface area contributed by atoms with Crippen LogP contribution in [0.5, 0.6) is 0 Å². The van der Waals surface area contributed by atoms with E-state index in [2.05, 4.69) is 20.8 Å². The van der Waals surface area contributed by atoms with E-state index in [1.165, 1.54) is 0 Å². The molecule has 0 radical (unpaired) electrons. The van der Waals surface area contributed by atoms with Crippen LogP contribution in [0.25, 0.3) is 0 Å². The van der Waals surface area contributed by atoms with Gasteiger partial charge >= 0.3 is 6.03 Å². The number of carbonyl (C=O) groups is 2. The lowest BCUT2D eigenvalue weighted by molar-refractivity contribution is 0.0303. The third-order valence-electron chi connectivity index (χ3n) is 3.73. The molecule has 2 aromatic rings.